The van der Waals surface area contributed by atoms with Gasteiger partial charge in [-0.1, -0.05) is 24.3 Å². The standard InChI is InChI=1S/C22H22N2O4/c25-21-15-3-1-2-4-16(15)22(26)19-17(21)5-6-18(23-7-11-27-12-8-23)20(19)24-9-13-28-14-10-24/h1-6H,7-14H2. The number of carbonyl (C=O) groups is 2. The highest BCUT2D eigenvalue weighted by Crippen LogP contribution is 2.41. The molecule has 0 bridgehead atoms. The van der Waals surface area contributed by atoms with Gasteiger partial charge in [0.1, 0.15) is 0 Å². The van der Waals surface area contributed by atoms with Gasteiger partial charge in [-0.25, -0.2) is 0 Å². The molecule has 0 spiro atoms. The van der Waals surface area contributed by atoms with Crippen LogP contribution in [0.3, 0.4) is 0 Å². The fourth-order valence-corrected chi connectivity index (χ4v) is 4.32. The van der Waals surface area contributed by atoms with Gasteiger partial charge >= 0.3 is 0 Å². The zero-order valence-corrected chi connectivity index (χ0v) is 15.6. The third-order valence-electron chi connectivity index (χ3n) is 5.72. The van der Waals surface area contributed by atoms with Crippen molar-refractivity contribution in [3.63, 3.8) is 0 Å². The van der Waals surface area contributed by atoms with Gasteiger partial charge in [0.25, 0.3) is 0 Å². The van der Waals surface area contributed by atoms with Crippen LogP contribution in [0.4, 0.5) is 11.4 Å². The van der Waals surface area contributed by atoms with E-state index in [4.69, 9.17) is 9.47 Å². The molecule has 1 aliphatic carbocycles. The van der Waals surface area contributed by atoms with Crippen molar-refractivity contribution in [1.29, 1.82) is 0 Å². The number of ether oxygens (including phenoxy) is 2. The van der Waals surface area contributed by atoms with E-state index in [0.29, 0.717) is 61.8 Å². The molecule has 0 unspecified atom stereocenters. The van der Waals surface area contributed by atoms with Crippen LogP contribution in [0.25, 0.3) is 0 Å². The maximum atomic E-state index is 13.5. The van der Waals surface area contributed by atoms with Crippen LogP contribution in [0, 0.1) is 0 Å². The minimum absolute atomic E-state index is 0.0678. The van der Waals surface area contributed by atoms with E-state index >= 15 is 0 Å². The molecule has 0 amide bonds. The summed E-state index contributed by atoms with van der Waals surface area (Å²) in [6, 6.07) is 10.9. The van der Waals surface area contributed by atoms with E-state index in [2.05, 4.69) is 9.80 Å². The summed E-state index contributed by atoms with van der Waals surface area (Å²) < 4.78 is 11.0. The number of carbonyl (C=O) groups excluding carboxylic acids is 2. The Labute approximate surface area is 163 Å². The van der Waals surface area contributed by atoms with Gasteiger partial charge in [0.15, 0.2) is 11.6 Å². The topological polar surface area (TPSA) is 59.1 Å². The van der Waals surface area contributed by atoms with Crippen molar-refractivity contribution in [2.45, 2.75) is 0 Å². The number of nitrogens with zero attached hydrogens (tertiary/aromatic N) is 2. The maximum absolute atomic E-state index is 13.5. The molecular formula is C22H22N2O4. The predicted molar refractivity (Wildman–Crippen MR) is 106 cm³/mol. The first-order valence-electron chi connectivity index (χ1n) is 9.76. The number of benzene rings is 2. The molecule has 5 rings (SSSR count). The van der Waals surface area contributed by atoms with Crippen molar-refractivity contribution < 1.29 is 19.1 Å². The van der Waals surface area contributed by atoms with E-state index in [1.807, 2.05) is 18.2 Å². The predicted octanol–water partition coefficient (Wildman–Crippen LogP) is 2.14. The van der Waals surface area contributed by atoms with Crippen LogP contribution in [-0.2, 0) is 9.47 Å². The lowest BCUT2D eigenvalue weighted by Gasteiger charge is -2.38. The molecule has 3 aliphatic rings. The van der Waals surface area contributed by atoms with Gasteiger partial charge in [0, 0.05) is 42.9 Å². The average Bonchev–Trinajstić information content (AvgIpc) is 2.78. The summed E-state index contributed by atoms with van der Waals surface area (Å²) in [4.78, 5) is 31.1. The van der Waals surface area contributed by atoms with Crippen LogP contribution in [0.15, 0.2) is 36.4 Å². The summed E-state index contributed by atoms with van der Waals surface area (Å²) in [7, 11) is 0. The van der Waals surface area contributed by atoms with Gasteiger partial charge in [-0.3, -0.25) is 9.59 Å². The van der Waals surface area contributed by atoms with Crippen LogP contribution in [-0.4, -0.2) is 64.2 Å². The number of morpholine rings is 2. The lowest BCUT2D eigenvalue weighted by atomic mass is 9.82. The zero-order valence-electron chi connectivity index (χ0n) is 15.6. The van der Waals surface area contributed by atoms with Crippen molar-refractivity contribution >= 4 is 22.9 Å². The molecule has 2 heterocycles. The monoisotopic (exact) mass is 378 g/mol. The van der Waals surface area contributed by atoms with Crippen molar-refractivity contribution in [2.24, 2.45) is 0 Å². The molecule has 0 atom stereocenters. The molecule has 6 heteroatoms. The first-order valence-corrected chi connectivity index (χ1v) is 9.76. The molecule has 0 radical (unpaired) electrons. The molecule has 2 aromatic rings. The highest BCUT2D eigenvalue weighted by atomic mass is 16.5. The second-order valence-electron chi connectivity index (χ2n) is 7.26. The van der Waals surface area contributed by atoms with E-state index in [1.54, 1.807) is 18.2 Å². The summed E-state index contributed by atoms with van der Waals surface area (Å²) >= 11 is 0. The normalized spacial score (nSPS) is 19.4. The van der Waals surface area contributed by atoms with Gasteiger partial charge in [0.05, 0.1) is 43.4 Å². The van der Waals surface area contributed by atoms with E-state index in [-0.39, 0.29) is 11.6 Å². The summed E-state index contributed by atoms with van der Waals surface area (Å²) in [6.07, 6.45) is 0. The Kier molecular flexibility index (Phi) is 4.37. The first kappa shape index (κ1) is 17.4. The molecule has 0 N–H and O–H groups in total. The van der Waals surface area contributed by atoms with Crippen molar-refractivity contribution in [3.8, 4) is 0 Å². The number of rotatable bonds is 2. The van der Waals surface area contributed by atoms with Gasteiger partial charge in [-0.15, -0.1) is 0 Å². The SMILES string of the molecule is O=C1c2ccccc2C(=O)c2c1ccc(N1CCOCC1)c2N1CCOCC1. The molecule has 2 fully saturated rings. The number of hydrogen-bond donors (Lipinski definition) is 0. The van der Waals surface area contributed by atoms with E-state index in [9.17, 15) is 9.59 Å². The smallest absolute Gasteiger partial charge is 0.196 e. The Balaban J connectivity index is 1.71. The Morgan fingerprint density at radius 1 is 0.643 bits per heavy atom. The fourth-order valence-electron chi connectivity index (χ4n) is 4.32. The Hall–Kier alpha value is -2.70. The average molecular weight is 378 g/mol. The number of anilines is 2. The quantitative estimate of drug-likeness (QED) is 0.681. The van der Waals surface area contributed by atoms with E-state index in [0.717, 1.165) is 24.5 Å². The van der Waals surface area contributed by atoms with Crippen molar-refractivity contribution in [2.75, 3.05) is 62.4 Å². The molecule has 6 nitrogen and oxygen atoms in total. The lowest BCUT2D eigenvalue weighted by Crippen LogP contribution is -2.42. The van der Waals surface area contributed by atoms with Crippen LogP contribution in [0.5, 0.6) is 0 Å². The minimum Gasteiger partial charge on any atom is -0.378 e. The van der Waals surface area contributed by atoms with Gasteiger partial charge in [0.2, 0.25) is 0 Å². The minimum atomic E-state index is -0.0757. The highest BCUT2D eigenvalue weighted by molar-refractivity contribution is 6.30. The molecular weight excluding hydrogens is 356 g/mol. The summed E-state index contributed by atoms with van der Waals surface area (Å²) in [5.74, 6) is -0.143. The maximum Gasteiger partial charge on any atom is 0.196 e. The largest absolute Gasteiger partial charge is 0.378 e. The number of ketones is 2. The van der Waals surface area contributed by atoms with E-state index in [1.165, 1.54) is 0 Å². The second kappa shape index (κ2) is 7.04. The summed E-state index contributed by atoms with van der Waals surface area (Å²) in [6.45, 7) is 5.51. The molecule has 0 aromatic heterocycles. The third-order valence-corrected chi connectivity index (χ3v) is 5.72. The van der Waals surface area contributed by atoms with Gasteiger partial charge in [-0.2, -0.15) is 0 Å². The molecule has 0 saturated carbocycles. The van der Waals surface area contributed by atoms with Gasteiger partial charge < -0.3 is 19.3 Å². The molecule has 144 valence electrons. The fraction of sp³-hybridized carbons (Fsp3) is 0.364. The first-order chi connectivity index (χ1) is 13.8. The van der Waals surface area contributed by atoms with Crippen molar-refractivity contribution in [3.05, 3.63) is 58.7 Å². The van der Waals surface area contributed by atoms with Crippen LogP contribution >= 0.6 is 0 Å². The molecule has 28 heavy (non-hydrogen) atoms. The van der Waals surface area contributed by atoms with Gasteiger partial charge in [-0.05, 0) is 12.1 Å². The van der Waals surface area contributed by atoms with Crippen LogP contribution in [0.2, 0.25) is 0 Å². The van der Waals surface area contributed by atoms with Crippen LogP contribution in [0.1, 0.15) is 31.8 Å². The summed E-state index contributed by atoms with van der Waals surface area (Å²) in [5, 5.41) is 0. The van der Waals surface area contributed by atoms with E-state index < -0.39 is 0 Å². The Morgan fingerprint density at radius 3 is 1.86 bits per heavy atom. The second-order valence-corrected chi connectivity index (χ2v) is 7.26. The lowest BCUT2D eigenvalue weighted by molar-refractivity contribution is 0.0978. The van der Waals surface area contributed by atoms with Crippen molar-refractivity contribution in [1.82, 2.24) is 0 Å². The summed E-state index contributed by atoms with van der Waals surface area (Å²) in [5.41, 5.74) is 3.90. The molecule has 2 aromatic carbocycles. The Bertz CT molecular complexity index is 944. The zero-order chi connectivity index (χ0) is 19.1. The third kappa shape index (κ3) is 2.72. The molecule has 2 saturated heterocycles. The van der Waals surface area contributed by atoms with Crippen LogP contribution < -0.4 is 9.80 Å². The molecule has 2 aliphatic heterocycles. The highest BCUT2D eigenvalue weighted by Gasteiger charge is 2.35. The Morgan fingerprint density at radius 2 is 1.21 bits per heavy atom. The number of fused-ring (bicyclic) bond motifs is 2. The number of hydrogen-bond acceptors (Lipinski definition) is 6.